The molecule has 3 aromatic rings. The van der Waals surface area contributed by atoms with Crippen molar-refractivity contribution in [3.8, 4) is 11.5 Å². The van der Waals surface area contributed by atoms with Crippen molar-refractivity contribution in [2.45, 2.75) is 24.3 Å². The van der Waals surface area contributed by atoms with Crippen LogP contribution in [0.15, 0.2) is 65.0 Å². The molecule has 8 nitrogen and oxygen atoms in total. The smallest absolute Gasteiger partial charge is 0.265 e. The van der Waals surface area contributed by atoms with Crippen molar-refractivity contribution in [1.82, 2.24) is 4.98 Å². The summed E-state index contributed by atoms with van der Waals surface area (Å²) >= 11 is 1.18. The number of amides is 1. The second-order valence-corrected chi connectivity index (χ2v) is 8.70. The molecule has 0 saturated heterocycles. The first-order valence-electron chi connectivity index (χ1n) is 9.06. The molecule has 1 atom stereocenters. The van der Waals surface area contributed by atoms with Gasteiger partial charge in [0.1, 0.15) is 0 Å². The predicted octanol–water partition coefficient (Wildman–Crippen LogP) is 3.75. The van der Waals surface area contributed by atoms with E-state index in [4.69, 9.17) is 9.47 Å². The van der Waals surface area contributed by atoms with Crippen molar-refractivity contribution in [2.75, 3.05) is 17.1 Å². The zero-order valence-corrected chi connectivity index (χ0v) is 18.0. The Morgan fingerprint density at radius 2 is 1.83 bits per heavy atom. The molecule has 1 aromatic heterocycles. The van der Waals surface area contributed by atoms with E-state index in [9.17, 15) is 13.2 Å². The zero-order chi connectivity index (χ0) is 21.6. The van der Waals surface area contributed by atoms with E-state index < -0.39 is 16.1 Å². The summed E-state index contributed by atoms with van der Waals surface area (Å²) in [5, 5.41) is 4.70. The highest BCUT2D eigenvalue weighted by molar-refractivity contribution is 7.93. The van der Waals surface area contributed by atoms with E-state index >= 15 is 0 Å². The Kier molecular flexibility index (Phi) is 6.91. The highest BCUT2D eigenvalue weighted by Crippen LogP contribution is 2.27. The van der Waals surface area contributed by atoms with Crippen LogP contribution >= 0.6 is 11.3 Å². The van der Waals surface area contributed by atoms with Crippen LogP contribution in [0.3, 0.4) is 0 Å². The van der Waals surface area contributed by atoms with Gasteiger partial charge in [-0.1, -0.05) is 19.1 Å². The standard InChI is InChI=1S/C20H21N3O5S2/c1-3-16(28-18-7-5-4-6-17(18)27-2)19(24)22-14-8-10-15(11-9-14)30(25,26)23-20-21-12-13-29-20/h4-13,16H,3H2,1-2H3,(H,21,23)(H,22,24)/t16-/m0/s1. The summed E-state index contributed by atoms with van der Waals surface area (Å²) < 4.78 is 38.2. The van der Waals surface area contributed by atoms with Crippen molar-refractivity contribution < 1.29 is 22.7 Å². The monoisotopic (exact) mass is 447 g/mol. The van der Waals surface area contributed by atoms with Gasteiger partial charge in [-0.25, -0.2) is 13.4 Å². The van der Waals surface area contributed by atoms with E-state index in [2.05, 4.69) is 15.0 Å². The van der Waals surface area contributed by atoms with Crippen molar-refractivity contribution in [3.05, 3.63) is 60.1 Å². The summed E-state index contributed by atoms with van der Waals surface area (Å²) in [5.41, 5.74) is 0.454. The largest absolute Gasteiger partial charge is 0.493 e. The Balaban J connectivity index is 1.67. The predicted molar refractivity (Wildman–Crippen MR) is 116 cm³/mol. The lowest BCUT2D eigenvalue weighted by molar-refractivity contribution is -0.122. The summed E-state index contributed by atoms with van der Waals surface area (Å²) in [6, 6.07) is 12.9. The lowest BCUT2D eigenvalue weighted by Gasteiger charge is -2.19. The van der Waals surface area contributed by atoms with Crippen LogP contribution in [0.25, 0.3) is 0 Å². The molecule has 2 N–H and O–H groups in total. The lowest BCUT2D eigenvalue weighted by Crippen LogP contribution is -2.32. The van der Waals surface area contributed by atoms with E-state index in [1.54, 1.807) is 23.6 Å². The topological polar surface area (TPSA) is 107 Å². The van der Waals surface area contributed by atoms with Crippen molar-refractivity contribution in [3.63, 3.8) is 0 Å². The molecule has 2 aromatic carbocycles. The zero-order valence-electron chi connectivity index (χ0n) is 16.4. The number of hydrogen-bond donors (Lipinski definition) is 2. The van der Waals surface area contributed by atoms with Gasteiger partial charge in [0.05, 0.1) is 12.0 Å². The minimum atomic E-state index is -3.75. The van der Waals surface area contributed by atoms with Gasteiger partial charge in [-0.15, -0.1) is 11.3 Å². The first-order chi connectivity index (χ1) is 14.4. The number of sulfonamides is 1. The third kappa shape index (κ3) is 5.28. The number of carbonyl (C=O) groups excluding carboxylic acids is 1. The molecular formula is C20H21N3O5S2. The fourth-order valence-electron chi connectivity index (χ4n) is 2.58. The molecule has 158 valence electrons. The molecule has 0 fully saturated rings. The van der Waals surface area contributed by atoms with E-state index in [1.165, 1.54) is 48.9 Å². The van der Waals surface area contributed by atoms with Crippen LogP contribution < -0.4 is 19.5 Å². The SMILES string of the molecule is CC[C@H](Oc1ccccc1OC)C(=O)Nc1ccc(S(=O)(=O)Nc2nccs2)cc1. The Labute approximate surface area is 178 Å². The van der Waals surface area contributed by atoms with Gasteiger partial charge in [0, 0.05) is 17.3 Å². The van der Waals surface area contributed by atoms with Crippen LogP contribution in [0.4, 0.5) is 10.8 Å². The number of thiazole rings is 1. The minimum absolute atomic E-state index is 0.0630. The number of aromatic nitrogens is 1. The van der Waals surface area contributed by atoms with Crippen LogP contribution in [-0.2, 0) is 14.8 Å². The number of hydrogen-bond acceptors (Lipinski definition) is 7. The van der Waals surface area contributed by atoms with E-state index in [0.717, 1.165) is 0 Å². The van der Waals surface area contributed by atoms with Gasteiger partial charge < -0.3 is 14.8 Å². The summed E-state index contributed by atoms with van der Waals surface area (Å²) in [6.45, 7) is 1.83. The Bertz CT molecular complexity index is 1080. The number of para-hydroxylation sites is 2. The number of nitrogens with zero attached hydrogens (tertiary/aromatic N) is 1. The summed E-state index contributed by atoms with van der Waals surface area (Å²) in [7, 11) is -2.22. The van der Waals surface area contributed by atoms with E-state index in [0.29, 0.717) is 23.6 Å². The normalized spacial score (nSPS) is 12.1. The highest BCUT2D eigenvalue weighted by atomic mass is 32.2. The lowest BCUT2D eigenvalue weighted by atomic mass is 10.2. The molecule has 0 aliphatic rings. The number of nitrogens with one attached hydrogen (secondary N) is 2. The van der Waals surface area contributed by atoms with Crippen molar-refractivity contribution in [1.29, 1.82) is 0 Å². The van der Waals surface area contributed by atoms with Crippen molar-refractivity contribution in [2.24, 2.45) is 0 Å². The molecule has 1 amide bonds. The number of ether oxygens (including phenoxy) is 2. The number of methoxy groups -OCH3 is 1. The fraction of sp³-hybridized carbons (Fsp3) is 0.200. The Hall–Kier alpha value is -3.11. The molecule has 10 heteroatoms. The molecule has 0 aliphatic carbocycles. The third-order valence-electron chi connectivity index (χ3n) is 4.09. The van der Waals surface area contributed by atoms with E-state index in [1.807, 2.05) is 13.0 Å². The van der Waals surface area contributed by atoms with Gasteiger partial charge in [0.2, 0.25) is 0 Å². The first-order valence-corrected chi connectivity index (χ1v) is 11.4. The molecule has 0 spiro atoms. The number of rotatable bonds is 9. The molecule has 3 rings (SSSR count). The van der Waals surface area contributed by atoms with Crippen LogP contribution in [0, 0.1) is 0 Å². The minimum Gasteiger partial charge on any atom is -0.493 e. The van der Waals surface area contributed by atoms with Crippen LogP contribution in [-0.4, -0.2) is 32.5 Å². The molecule has 1 heterocycles. The number of carbonyl (C=O) groups is 1. The van der Waals surface area contributed by atoms with Crippen LogP contribution in [0.5, 0.6) is 11.5 Å². The quantitative estimate of drug-likeness (QED) is 0.517. The average molecular weight is 448 g/mol. The van der Waals surface area contributed by atoms with Gasteiger partial charge in [-0.2, -0.15) is 0 Å². The van der Waals surface area contributed by atoms with Gasteiger partial charge in [-0.3, -0.25) is 9.52 Å². The highest BCUT2D eigenvalue weighted by Gasteiger charge is 2.21. The first kappa shape index (κ1) is 21.6. The molecule has 0 radical (unpaired) electrons. The maximum absolute atomic E-state index is 12.6. The molecular weight excluding hydrogens is 426 g/mol. The Morgan fingerprint density at radius 1 is 1.13 bits per heavy atom. The van der Waals surface area contributed by atoms with Crippen LogP contribution in [0.1, 0.15) is 13.3 Å². The molecule has 0 bridgehead atoms. The van der Waals surface area contributed by atoms with Gasteiger partial charge in [0.25, 0.3) is 15.9 Å². The molecule has 0 aliphatic heterocycles. The number of anilines is 2. The van der Waals surface area contributed by atoms with Gasteiger partial charge >= 0.3 is 0 Å². The third-order valence-corrected chi connectivity index (χ3v) is 6.26. The van der Waals surface area contributed by atoms with Gasteiger partial charge in [0.15, 0.2) is 22.7 Å². The second-order valence-electron chi connectivity index (χ2n) is 6.12. The summed E-state index contributed by atoms with van der Waals surface area (Å²) in [5.74, 6) is 0.655. The molecule has 0 saturated carbocycles. The van der Waals surface area contributed by atoms with Crippen LogP contribution in [0.2, 0.25) is 0 Å². The maximum Gasteiger partial charge on any atom is 0.265 e. The van der Waals surface area contributed by atoms with Gasteiger partial charge in [-0.05, 0) is 42.8 Å². The fourth-order valence-corrected chi connectivity index (χ4v) is 4.37. The molecule has 30 heavy (non-hydrogen) atoms. The average Bonchev–Trinajstić information content (AvgIpc) is 3.24. The maximum atomic E-state index is 12.6. The molecule has 0 unspecified atom stereocenters. The van der Waals surface area contributed by atoms with E-state index in [-0.39, 0.29) is 15.9 Å². The van der Waals surface area contributed by atoms with Crippen molar-refractivity contribution >= 4 is 38.1 Å². The number of benzene rings is 2. The summed E-state index contributed by atoms with van der Waals surface area (Å²) in [4.78, 5) is 16.6. The second kappa shape index (κ2) is 9.59. The summed E-state index contributed by atoms with van der Waals surface area (Å²) in [6.07, 6.45) is 1.21. The Morgan fingerprint density at radius 3 is 2.43 bits per heavy atom.